The van der Waals surface area contributed by atoms with Crippen LogP contribution in [0, 0.1) is 6.92 Å². The van der Waals surface area contributed by atoms with Crippen LogP contribution in [0.2, 0.25) is 0 Å². The molecule has 0 saturated carbocycles. The number of aromatic nitrogens is 4. The molecule has 1 saturated heterocycles. The van der Waals surface area contributed by atoms with E-state index in [-0.39, 0.29) is 23.7 Å². The van der Waals surface area contributed by atoms with E-state index >= 15 is 0 Å². The van der Waals surface area contributed by atoms with Crippen LogP contribution in [0.1, 0.15) is 41.0 Å². The van der Waals surface area contributed by atoms with E-state index in [9.17, 15) is 9.59 Å². The highest BCUT2D eigenvalue weighted by Crippen LogP contribution is 2.17. The van der Waals surface area contributed by atoms with Crippen molar-refractivity contribution >= 4 is 5.91 Å². The third-order valence-electron chi connectivity index (χ3n) is 5.58. The minimum Gasteiger partial charge on any atom is -0.373 e. The summed E-state index contributed by atoms with van der Waals surface area (Å²) in [4.78, 5) is 26.5. The SMILES string of the molecule is Cc1c(C(=O)NCc2ccccc2CN2C[C@@H](C)O[C@@H](C)C2)cnn1-c1ccc(=O)[nH]n1. The van der Waals surface area contributed by atoms with E-state index in [4.69, 9.17) is 4.74 Å². The number of benzene rings is 1. The zero-order valence-electron chi connectivity index (χ0n) is 18.5. The average molecular weight is 437 g/mol. The van der Waals surface area contributed by atoms with Crippen molar-refractivity contribution in [1.82, 2.24) is 30.2 Å². The van der Waals surface area contributed by atoms with Gasteiger partial charge in [-0.3, -0.25) is 14.5 Å². The highest BCUT2D eigenvalue weighted by Gasteiger charge is 2.23. The Labute approximate surface area is 186 Å². The van der Waals surface area contributed by atoms with Gasteiger partial charge in [0.25, 0.3) is 11.5 Å². The fourth-order valence-corrected chi connectivity index (χ4v) is 4.13. The zero-order valence-corrected chi connectivity index (χ0v) is 18.5. The van der Waals surface area contributed by atoms with Crippen molar-refractivity contribution in [1.29, 1.82) is 0 Å². The summed E-state index contributed by atoms with van der Waals surface area (Å²) in [6, 6.07) is 11.1. The number of aromatic amines is 1. The number of carbonyl (C=O) groups is 1. The summed E-state index contributed by atoms with van der Waals surface area (Å²) in [6.07, 6.45) is 1.93. The van der Waals surface area contributed by atoms with Gasteiger partial charge in [-0.15, -0.1) is 0 Å². The van der Waals surface area contributed by atoms with Crippen molar-refractivity contribution in [3.05, 3.63) is 75.3 Å². The molecule has 9 nitrogen and oxygen atoms in total. The molecule has 0 bridgehead atoms. The molecule has 2 atom stereocenters. The first kappa shape index (κ1) is 21.9. The Kier molecular flexibility index (Phi) is 6.48. The number of hydrogen-bond acceptors (Lipinski definition) is 6. The smallest absolute Gasteiger partial charge is 0.264 e. The number of amides is 1. The molecule has 0 unspecified atom stereocenters. The molecule has 2 aromatic heterocycles. The van der Waals surface area contributed by atoms with Crippen LogP contribution in [0.15, 0.2) is 47.4 Å². The summed E-state index contributed by atoms with van der Waals surface area (Å²) in [5.41, 5.74) is 3.09. The lowest BCUT2D eigenvalue weighted by Gasteiger charge is -2.35. The monoisotopic (exact) mass is 436 g/mol. The van der Waals surface area contributed by atoms with Gasteiger partial charge in [0.05, 0.1) is 29.7 Å². The van der Waals surface area contributed by atoms with Crippen molar-refractivity contribution < 1.29 is 9.53 Å². The lowest BCUT2D eigenvalue weighted by atomic mass is 10.1. The van der Waals surface area contributed by atoms with Gasteiger partial charge in [0.2, 0.25) is 0 Å². The minimum atomic E-state index is -0.295. The minimum absolute atomic E-state index is 0.207. The second-order valence-corrected chi connectivity index (χ2v) is 8.24. The molecule has 9 heteroatoms. The van der Waals surface area contributed by atoms with Crippen molar-refractivity contribution in [2.75, 3.05) is 13.1 Å². The molecule has 3 heterocycles. The van der Waals surface area contributed by atoms with Crippen molar-refractivity contribution in [3.8, 4) is 5.82 Å². The molecule has 1 aliphatic rings. The molecule has 1 aromatic carbocycles. The van der Waals surface area contributed by atoms with Gasteiger partial charge in [0.15, 0.2) is 5.82 Å². The van der Waals surface area contributed by atoms with E-state index in [1.54, 1.807) is 13.0 Å². The van der Waals surface area contributed by atoms with E-state index in [0.29, 0.717) is 23.6 Å². The lowest BCUT2D eigenvalue weighted by molar-refractivity contribution is -0.0705. The second kappa shape index (κ2) is 9.46. The number of hydrogen-bond donors (Lipinski definition) is 2. The van der Waals surface area contributed by atoms with Crippen molar-refractivity contribution in [2.45, 2.75) is 46.1 Å². The summed E-state index contributed by atoms with van der Waals surface area (Å²) in [5.74, 6) is 0.238. The van der Waals surface area contributed by atoms with Crippen molar-refractivity contribution in [2.24, 2.45) is 0 Å². The molecule has 1 fully saturated rings. The standard InChI is InChI=1S/C23H28N6O3/c1-15-12-28(13-16(2)32-15)14-19-7-5-4-6-18(19)10-24-23(31)20-11-25-29(17(20)3)21-8-9-22(30)27-26-21/h4-9,11,15-16H,10,12-14H2,1-3H3,(H,24,31)(H,27,30)/t15-,16+. The van der Waals surface area contributed by atoms with Crippen LogP contribution in [0.5, 0.6) is 0 Å². The molecule has 4 rings (SSSR count). The largest absolute Gasteiger partial charge is 0.373 e. The van der Waals surface area contributed by atoms with Gasteiger partial charge in [-0.05, 0) is 38.0 Å². The first-order chi connectivity index (χ1) is 15.4. The number of rotatable bonds is 6. The predicted octanol–water partition coefficient (Wildman–Crippen LogP) is 1.80. The van der Waals surface area contributed by atoms with E-state index in [1.807, 2.05) is 18.2 Å². The molecule has 0 aliphatic carbocycles. The molecule has 2 N–H and O–H groups in total. The van der Waals surface area contributed by atoms with E-state index in [0.717, 1.165) is 25.2 Å². The Hall–Kier alpha value is -3.30. The van der Waals surface area contributed by atoms with Gasteiger partial charge in [0, 0.05) is 32.2 Å². The summed E-state index contributed by atoms with van der Waals surface area (Å²) in [6.45, 7) is 9.01. The van der Waals surface area contributed by atoms with Gasteiger partial charge in [-0.1, -0.05) is 24.3 Å². The maximum atomic E-state index is 12.9. The molecule has 0 radical (unpaired) electrons. The Morgan fingerprint density at radius 3 is 2.56 bits per heavy atom. The number of ether oxygens (including phenoxy) is 1. The third-order valence-corrected chi connectivity index (χ3v) is 5.58. The topological polar surface area (TPSA) is 105 Å². The zero-order chi connectivity index (χ0) is 22.7. The molecular weight excluding hydrogens is 408 g/mol. The Balaban J connectivity index is 1.44. The Morgan fingerprint density at radius 2 is 1.88 bits per heavy atom. The van der Waals surface area contributed by atoms with Crippen molar-refractivity contribution in [3.63, 3.8) is 0 Å². The predicted molar refractivity (Wildman–Crippen MR) is 120 cm³/mol. The molecule has 1 aliphatic heterocycles. The normalized spacial score (nSPS) is 19.1. The molecule has 0 spiro atoms. The fraction of sp³-hybridized carbons (Fsp3) is 0.391. The Morgan fingerprint density at radius 1 is 1.16 bits per heavy atom. The van der Waals surface area contributed by atoms with Gasteiger partial charge >= 0.3 is 0 Å². The molecule has 168 valence electrons. The molecule has 3 aromatic rings. The number of nitrogens with zero attached hydrogens (tertiary/aromatic N) is 4. The van der Waals surface area contributed by atoms with Crippen LogP contribution in [-0.2, 0) is 17.8 Å². The van der Waals surface area contributed by atoms with Crippen LogP contribution >= 0.6 is 0 Å². The summed E-state index contributed by atoms with van der Waals surface area (Å²) >= 11 is 0. The summed E-state index contributed by atoms with van der Waals surface area (Å²) in [5, 5.41) is 13.6. The quantitative estimate of drug-likeness (QED) is 0.611. The first-order valence-electron chi connectivity index (χ1n) is 10.7. The highest BCUT2D eigenvalue weighted by molar-refractivity contribution is 5.95. The van der Waals surface area contributed by atoms with E-state index in [2.05, 4.69) is 45.4 Å². The summed E-state index contributed by atoms with van der Waals surface area (Å²) < 4.78 is 7.36. The summed E-state index contributed by atoms with van der Waals surface area (Å²) in [7, 11) is 0. The van der Waals surface area contributed by atoms with Gasteiger partial charge < -0.3 is 10.1 Å². The molecule has 1 amide bonds. The fourth-order valence-electron chi connectivity index (χ4n) is 4.13. The van der Waals surface area contributed by atoms with Crippen LogP contribution in [0.4, 0.5) is 0 Å². The number of H-pyrrole nitrogens is 1. The van der Waals surface area contributed by atoms with Gasteiger partial charge in [0.1, 0.15) is 0 Å². The number of morpholine rings is 1. The third kappa shape index (κ3) is 4.95. The van der Waals surface area contributed by atoms with E-state index in [1.165, 1.54) is 22.5 Å². The molecule has 32 heavy (non-hydrogen) atoms. The first-order valence-corrected chi connectivity index (χ1v) is 10.7. The lowest BCUT2D eigenvalue weighted by Crippen LogP contribution is -2.45. The van der Waals surface area contributed by atoms with Crippen LogP contribution in [-0.4, -0.2) is 56.1 Å². The number of carbonyl (C=O) groups excluding carboxylic acids is 1. The maximum absolute atomic E-state index is 12.9. The average Bonchev–Trinajstić information content (AvgIpc) is 3.14. The molecular formula is C23H28N6O3. The van der Waals surface area contributed by atoms with Gasteiger partial charge in [-0.25, -0.2) is 9.78 Å². The van der Waals surface area contributed by atoms with E-state index < -0.39 is 0 Å². The second-order valence-electron chi connectivity index (χ2n) is 8.24. The number of nitrogens with one attached hydrogen (secondary N) is 2. The highest BCUT2D eigenvalue weighted by atomic mass is 16.5. The van der Waals surface area contributed by atoms with Crippen LogP contribution < -0.4 is 10.9 Å². The Bertz CT molecular complexity index is 1120. The van der Waals surface area contributed by atoms with Gasteiger partial charge in [-0.2, -0.15) is 10.2 Å². The maximum Gasteiger partial charge on any atom is 0.264 e. The van der Waals surface area contributed by atoms with Crippen LogP contribution in [0.25, 0.3) is 5.82 Å². The van der Waals surface area contributed by atoms with Crippen LogP contribution in [0.3, 0.4) is 0 Å².